The van der Waals surface area contributed by atoms with E-state index in [0.717, 1.165) is 29.8 Å². The summed E-state index contributed by atoms with van der Waals surface area (Å²) in [4.78, 5) is 14.1. The number of amides is 1. The lowest BCUT2D eigenvalue weighted by atomic mass is 10.1. The van der Waals surface area contributed by atoms with Crippen LogP contribution in [-0.2, 0) is 17.9 Å². The summed E-state index contributed by atoms with van der Waals surface area (Å²) in [5.74, 6) is 0.968. The molecule has 0 aliphatic carbocycles. The number of benzene rings is 1. The average molecular weight is 277 g/mol. The molecule has 0 bridgehead atoms. The van der Waals surface area contributed by atoms with Gasteiger partial charge in [-0.3, -0.25) is 9.69 Å². The Labute approximate surface area is 120 Å². The smallest absolute Gasteiger partial charge is 0.237 e. The van der Waals surface area contributed by atoms with Gasteiger partial charge in [0, 0.05) is 31.7 Å². The van der Waals surface area contributed by atoms with E-state index in [1.807, 2.05) is 19.1 Å². The molecule has 5 nitrogen and oxygen atoms in total. The Morgan fingerprint density at radius 1 is 1.50 bits per heavy atom. The van der Waals surface area contributed by atoms with Gasteiger partial charge < -0.3 is 15.8 Å². The van der Waals surface area contributed by atoms with Gasteiger partial charge in [-0.05, 0) is 24.1 Å². The van der Waals surface area contributed by atoms with Crippen molar-refractivity contribution >= 4 is 5.91 Å². The molecule has 5 heteroatoms. The third-order valence-corrected chi connectivity index (χ3v) is 3.78. The van der Waals surface area contributed by atoms with Gasteiger partial charge in [-0.1, -0.05) is 13.0 Å². The van der Waals surface area contributed by atoms with E-state index in [2.05, 4.69) is 16.3 Å². The normalized spacial score (nSPS) is 19.8. The lowest BCUT2D eigenvalue weighted by molar-refractivity contribution is -0.129. The predicted molar refractivity (Wildman–Crippen MR) is 78.4 cm³/mol. The molecule has 1 heterocycles. The lowest BCUT2D eigenvalue weighted by Crippen LogP contribution is -2.54. The lowest BCUT2D eigenvalue weighted by Gasteiger charge is -2.34. The molecule has 0 aromatic heterocycles. The quantitative estimate of drug-likeness (QED) is 0.838. The number of nitrogens with one attached hydrogen (secondary N) is 1. The Morgan fingerprint density at radius 3 is 2.95 bits per heavy atom. The van der Waals surface area contributed by atoms with Gasteiger partial charge in [0.15, 0.2) is 0 Å². The molecule has 1 aromatic rings. The number of hydrogen-bond acceptors (Lipinski definition) is 4. The second-order valence-electron chi connectivity index (χ2n) is 5.04. The summed E-state index contributed by atoms with van der Waals surface area (Å²) in [6.07, 6.45) is 0.810. The predicted octanol–water partition coefficient (Wildman–Crippen LogP) is 0.864. The van der Waals surface area contributed by atoms with Crippen molar-refractivity contribution in [2.75, 3.05) is 20.2 Å². The number of piperazine rings is 1. The number of ether oxygens (including phenoxy) is 1. The topological polar surface area (TPSA) is 67.6 Å². The largest absolute Gasteiger partial charge is 0.496 e. The Kier molecular flexibility index (Phi) is 4.98. The van der Waals surface area contributed by atoms with Crippen molar-refractivity contribution in [2.45, 2.75) is 32.5 Å². The maximum atomic E-state index is 11.9. The first-order chi connectivity index (χ1) is 9.69. The molecule has 0 spiro atoms. The van der Waals surface area contributed by atoms with Crippen LogP contribution in [0.15, 0.2) is 18.2 Å². The van der Waals surface area contributed by atoms with Crippen LogP contribution in [0.2, 0.25) is 0 Å². The third kappa shape index (κ3) is 3.11. The van der Waals surface area contributed by atoms with Crippen LogP contribution in [0.3, 0.4) is 0 Å². The zero-order chi connectivity index (χ0) is 14.5. The van der Waals surface area contributed by atoms with Crippen LogP contribution in [0.1, 0.15) is 24.5 Å². The zero-order valence-electron chi connectivity index (χ0n) is 12.2. The second kappa shape index (κ2) is 6.72. The zero-order valence-corrected chi connectivity index (χ0v) is 12.2. The van der Waals surface area contributed by atoms with Crippen molar-refractivity contribution < 1.29 is 9.53 Å². The van der Waals surface area contributed by atoms with Crippen molar-refractivity contribution in [3.63, 3.8) is 0 Å². The fourth-order valence-electron chi connectivity index (χ4n) is 2.70. The molecule has 20 heavy (non-hydrogen) atoms. The van der Waals surface area contributed by atoms with Crippen LogP contribution >= 0.6 is 0 Å². The standard InChI is InChI=1S/C15H23N3O2/c1-3-13-15(19)17-6-7-18(13)10-12-8-11(9-16)4-5-14(12)20-2/h4-5,8,13H,3,6-7,9-10,16H2,1-2H3,(H,17,19). The van der Waals surface area contributed by atoms with Crippen LogP contribution in [0.25, 0.3) is 0 Å². The van der Waals surface area contributed by atoms with E-state index < -0.39 is 0 Å². The van der Waals surface area contributed by atoms with Gasteiger partial charge in [0.1, 0.15) is 5.75 Å². The molecule has 0 saturated carbocycles. The fourth-order valence-corrected chi connectivity index (χ4v) is 2.70. The summed E-state index contributed by atoms with van der Waals surface area (Å²) in [7, 11) is 1.67. The molecule has 1 unspecified atom stereocenters. The summed E-state index contributed by atoms with van der Waals surface area (Å²) in [6, 6.07) is 5.93. The molecule has 3 N–H and O–H groups in total. The molecule has 1 saturated heterocycles. The molecule has 2 rings (SSSR count). The Balaban J connectivity index is 2.21. The number of rotatable bonds is 5. The first-order valence-corrected chi connectivity index (χ1v) is 7.07. The van der Waals surface area contributed by atoms with Gasteiger partial charge in [0.05, 0.1) is 13.2 Å². The summed E-state index contributed by atoms with van der Waals surface area (Å²) >= 11 is 0. The van der Waals surface area contributed by atoms with Crippen molar-refractivity contribution in [1.82, 2.24) is 10.2 Å². The summed E-state index contributed by atoms with van der Waals surface area (Å²) < 4.78 is 5.41. The minimum Gasteiger partial charge on any atom is -0.496 e. The number of methoxy groups -OCH3 is 1. The maximum absolute atomic E-state index is 11.9. The van der Waals surface area contributed by atoms with Crippen LogP contribution in [0.5, 0.6) is 5.75 Å². The molecule has 1 aliphatic rings. The highest BCUT2D eigenvalue weighted by molar-refractivity contribution is 5.82. The molecule has 1 amide bonds. The number of carbonyl (C=O) groups excluding carboxylic acids is 1. The SMILES string of the molecule is CCC1C(=O)NCCN1Cc1cc(CN)ccc1OC. The molecule has 1 fully saturated rings. The van der Waals surface area contributed by atoms with E-state index in [1.165, 1.54) is 0 Å². The van der Waals surface area contributed by atoms with E-state index in [4.69, 9.17) is 10.5 Å². The van der Waals surface area contributed by atoms with Gasteiger partial charge in [0.25, 0.3) is 0 Å². The van der Waals surface area contributed by atoms with Crippen LogP contribution in [0, 0.1) is 0 Å². The van der Waals surface area contributed by atoms with Crippen LogP contribution in [0.4, 0.5) is 0 Å². The first kappa shape index (κ1) is 14.8. The highest BCUT2D eigenvalue weighted by Crippen LogP contribution is 2.23. The van der Waals surface area contributed by atoms with Gasteiger partial charge in [0.2, 0.25) is 5.91 Å². The highest BCUT2D eigenvalue weighted by Gasteiger charge is 2.28. The van der Waals surface area contributed by atoms with E-state index in [0.29, 0.717) is 19.6 Å². The molecular weight excluding hydrogens is 254 g/mol. The van der Waals surface area contributed by atoms with Crippen molar-refractivity contribution in [3.05, 3.63) is 29.3 Å². The molecule has 1 aliphatic heterocycles. The van der Waals surface area contributed by atoms with E-state index >= 15 is 0 Å². The Hall–Kier alpha value is -1.59. The Morgan fingerprint density at radius 2 is 2.30 bits per heavy atom. The molecule has 0 radical (unpaired) electrons. The number of nitrogens with two attached hydrogens (primary N) is 1. The Bertz CT molecular complexity index is 476. The van der Waals surface area contributed by atoms with Gasteiger partial charge in [-0.15, -0.1) is 0 Å². The summed E-state index contributed by atoms with van der Waals surface area (Å²) in [5, 5.41) is 2.92. The minimum atomic E-state index is -0.0602. The monoisotopic (exact) mass is 277 g/mol. The average Bonchev–Trinajstić information content (AvgIpc) is 2.47. The molecule has 110 valence electrons. The minimum absolute atomic E-state index is 0.0602. The van der Waals surface area contributed by atoms with Gasteiger partial charge in [-0.25, -0.2) is 0 Å². The van der Waals surface area contributed by atoms with Crippen LogP contribution in [-0.4, -0.2) is 37.0 Å². The van der Waals surface area contributed by atoms with Gasteiger partial charge >= 0.3 is 0 Å². The second-order valence-corrected chi connectivity index (χ2v) is 5.04. The van der Waals surface area contributed by atoms with E-state index in [9.17, 15) is 4.79 Å². The van der Waals surface area contributed by atoms with Crippen molar-refractivity contribution in [2.24, 2.45) is 5.73 Å². The first-order valence-electron chi connectivity index (χ1n) is 7.07. The molecular formula is C15H23N3O2. The highest BCUT2D eigenvalue weighted by atomic mass is 16.5. The van der Waals surface area contributed by atoms with Crippen molar-refractivity contribution in [3.8, 4) is 5.75 Å². The summed E-state index contributed by atoms with van der Waals surface area (Å²) in [5.41, 5.74) is 7.87. The van der Waals surface area contributed by atoms with Gasteiger partial charge in [-0.2, -0.15) is 0 Å². The van der Waals surface area contributed by atoms with Crippen molar-refractivity contribution in [1.29, 1.82) is 0 Å². The van der Waals surface area contributed by atoms with Crippen LogP contribution < -0.4 is 15.8 Å². The molecule has 1 aromatic carbocycles. The van der Waals surface area contributed by atoms with E-state index in [1.54, 1.807) is 7.11 Å². The number of nitrogens with zero attached hydrogens (tertiary/aromatic N) is 1. The number of carbonyl (C=O) groups is 1. The van der Waals surface area contributed by atoms with E-state index in [-0.39, 0.29) is 11.9 Å². The number of hydrogen-bond donors (Lipinski definition) is 2. The summed E-state index contributed by atoms with van der Waals surface area (Å²) in [6.45, 7) is 4.82. The molecule has 1 atom stereocenters. The maximum Gasteiger partial charge on any atom is 0.237 e. The fraction of sp³-hybridized carbons (Fsp3) is 0.533. The third-order valence-electron chi connectivity index (χ3n) is 3.78.